The predicted molar refractivity (Wildman–Crippen MR) is 99.1 cm³/mol. The van der Waals surface area contributed by atoms with Gasteiger partial charge in [0.05, 0.1) is 0 Å². The van der Waals surface area contributed by atoms with Crippen molar-refractivity contribution in [2.45, 2.75) is 70.3 Å². The van der Waals surface area contributed by atoms with Crippen LogP contribution < -0.4 is 16.8 Å². The molecule has 0 bridgehead atoms. The Bertz CT molecular complexity index is 444. The highest BCUT2D eigenvalue weighted by Gasteiger charge is 2.20. The van der Waals surface area contributed by atoms with Crippen LogP contribution in [-0.2, 0) is 19.2 Å². The largest absolute Gasteiger partial charge is 0.481 e. The number of carboxylic acids is 3. The van der Waals surface area contributed by atoms with Crippen molar-refractivity contribution in [3.05, 3.63) is 0 Å². The summed E-state index contributed by atoms with van der Waals surface area (Å²) in [6.45, 7) is 1.23. The Morgan fingerprint density at radius 3 is 1.59 bits per heavy atom. The molecule has 0 aromatic carbocycles. The van der Waals surface area contributed by atoms with Crippen molar-refractivity contribution < 1.29 is 34.5 Å². The molecule has 0 aliphatic heterocycles. The number of aliphatic carboxylic acids is 3. The maximum atomic E-state index is 11.4. The van der Waals surface area contributed by atoms with Crippen LogP contribution in [0.5, 0.6) is 0 Å². The molecule has 0 aliphatic carbocycles. The Kier molecular flexibility index (Phi) is 18.6. The first-order chi connectivity index (χ1) is 12.7. The highest BCUT2D eigenvalue weighted by molar-refractivity contribution is 5.83. The third-order valence-corrected chi connectivity index (χ3v) is 3.48. The fourth-order valence-electron chi connectivity index (χ4n) is 2.00. The topological polar surface area (TPSA) is 193 Å². The third-order valence-electron chi connectivity index (χ3n) is 3.48. The van der Waals surface area contributed by atoms with E-state index in [-0.39, 0.29) is 31.6 Å². The summed E-state index contributed by atoms with van der Waals surface area (Å²) in [5.41, 5.74) is 10.5. The van der Waals surface area contributed by atoms with E-state index in [2.05, 4.69) is 5.32 Å². The quantitative estimate of drug-likeness (QED) is 0.216. The van der Waals surface area contributed by atoms with E-state index in [9.17, 15) is 19.2 Å². The fraction of sp³-hybridized carbons (Fsp3) is 0.765. The van der Waals surface area contributed by atoms with Gasteiger partial charge in [-0.3, -0.25) is 14.4 Å². The van der Waals surface area contributed by atoms with Gasteiger partial charge in [-0.1, -0.05) is 12.8 Å². The number of carbonyl (C=O) groups is 4. The Morgan fingerprint density at radius 1 is 0.704 bits per heavy atom. The van der Waals surface area contributed by atoms with Crippen molar-refractivity contribution >= 4 is 23.8 Å². The van der Waals surface area contributed by atoms with Crippen molar-refractivity contribution in [1.29, 1.82) is 0 Å². The van der Waals surface area contributed by atoms with Crippen LogP contribution in [0.4, 0.5) is 0 Å². The highest BCUT2D eigenvalue weighted by atomic mass is 16.4. The second-order valence-corrected chi connectivity index (χ2v) is 5.98. The molecule has 0 heterocycles. The van der Waals surface area contributed by atoms with Crippen LogP contribution in [0, 0.1) is 0 Å². The van der Waals surface area contributed by atoms with Gasteiger partial charge < -0.3 is 32.1 Å². The summed E-state index contributed by atoms with van der Waals surface area (Å²) in [4.78, 5) is 42.5. The Hall–Kier alpha value is -2.20. The van der Waals surface area contributed by atoms with E-state index in [1.54, 1.807) is 0 Å². The SMILES string of the molecule is NCCCCCC(=O)NC(CCC(=O)O)C(=O)O.NCCCCCC(=O)O. The first-order valence-electron chi connectivity index (χ1n) is 9.10. The normalized spacial score (nSPS) is 11.0. The highest BCUT2D eigenvalue weighted by Crippen LogP contribution is 2.02. The zero-order chi connectivity index (χ0) is 21.1. The minimum Gasteiger partial charge on any atom is -0.481 e. The minimum absolute atomic E-state index is 0.112. The zero-order valence-corrected chi connectivity index (χ0v) is 15.7. The summed E-state index contributed by atoms with van der Waals surface area (Å²) in [7, 11) is 0. The molecule has 1 unspecified atom stereocenters. The Labute approximate surface area is 159 Å². The lowest BCUT2D eigenvalue weighted by molar-refractivity contribution is -0.143. The first kappa shape index (κ1) is 27.0. The summed E-state index contributed by atoms with van der Waals surface area (Å²) in [6, 6.07) is -1.14. The number of carbonyl (C=O) groups excluding carboxylic acids is 1. The lowest BCUT2D eigenvalue weighted by Crippen LogP contribution is -2.41. The van der Waals surface area contributed by atoms with Gasteiger partial charge in [-0.15, -0.1) is 0 Å². The van der Waals surface area contributed by atoms with Gasteiger partial charge in [-0.25, -0.2) is 4.79 Å². The van der Waals surface area contributed by atoms with Crippen LogP contribution in [0.15, 0.2) is 0 Å². The van der Waals surface area contributed by atoms with Gasteiger partial charge in [0.15, 0.2) is 0 Å². The van der Waals surface area contributed by atoms with Gasteiger partial charge in [-0.05, 0) is 45.2 Å². The molecule has 0 aromatic heterocycles. The number of hydrogen-bond donors (Lipinski definition) is 6. The van der Waals surface area contributed by atoms with E-state index >= 15 is 0 Å². The third kappa shape index (κ3) is 21.8. The molecule has 0 saturated heterocycles. The number of carboxylic acid groups (broad SMARTS) is 3. The Balaban J connectivity index is 0. The van der Waals surface area contributed by atoms with E-state index in [4.69, 9.17) is 26.8 Å². The molecular formula is C17H33N3O7. The van der Waals surface area contributed by atoms with Crippen LogP contribution in [0.1, 0.15) is 64.2 Å². The number of unbranched alkanes of at least 4 members (excludes halogenated alkanes) is 4. The summed E-state index contributed by atoms with van der Waals surface area (Å²) in [5.74, 6) is -3.39. The van der Waals surface area contributed by atoms with E-state index in [0.29, 0.717) is 19.5 Å². The van der Waals surface area contributed by atoms with Crippen molar-refractivity contribution in [2.75, 3.05) is 13.1 Å². The van der Waals surface area contributed by atoms with Gasteiger partial charge in [-0.2, -0.15) is 0 Å². The lowest BCUT2D eigenvalue weighted by atomic mass is 10.1. The van der Waals surface area contributed by atoms with Gasteiger partial charge in [0.2, 0.25) is 5.91 Å². The molecule has 0 rings (SSSR count). The fourth-order valence-corrected chi connectivity index (χ4v) is 2.00. The van der Waals surface area contributed by atoms with Crippen molar-refractivity contribution in [2.24, 2.45) is 11.5 Å². The minimum atomic E-state index is -1.22. The molecule has 1 atom stereocenters. The van der Waals surface area contributed by atoms with E-state index in [0.717, 1.165) is 32.1 Å². The Morgan fingerprint density at radius 2 is 1.19 bits per heavy atom. The average Bonchev–Trinajstić information content (AvgIpc) is 2.59. The first-order valence-corrected chi connectivity index (χ1v) is 9.10. The van der Waals surface area contributed by atoms with E-state index in [1.807, 2.05) is 0 Å². The van der Waals surface area contributed by atoms with Crippen LogP contribution in [0.2, 0.25) is 0 Å². The molecule has 0 spiro atoms. The molecule has 0 aromatic rings. The lowest BCUT2D eigenvalue weighted by Gasteiger charge is -2.13. The molecule has 10 nitrogen and oxygen atoms in total. The van der Waals surface area contributed by atoms with Crippen LogP contribution >= 0.6 is 0 Å². The molecular weight excluding hydrogens is 358 g/mol. The molecule has 10 heteroatoms. The van der Waals surface area contributed by atoms with Gasteiger partial charge in [0.25, 0.3) is 0 Å². The number of hydrogen-bond acceptors (Lipinski definition) is 6. The van der Waals surface area contributed by atoms with Crippen LogP contribution in [-0.4, -0.2) is 58.3 Å². The number of nitrogens with one attached hydrogen (secondary N) is 1. The molecule has 0 saturated carbocycles. The molecule has 27 heavy (non-hydrogen) atoms. The molecule has 0 aliphatic rings. The molecule has 0 radical (unpaired) electrons. The maximum Gasteiger partial charge on any atom is 0.326 e. The standard InChI is InChI=1S/C11H20N2O5.C6H13NO2/c12-7-3-1-2-4-9(14)13-8(11(17)18)5-6-10(15)16;7-5-3-1-2-4-6(8)9/h8H,1-7,12H2,(H,13,14)(H,15,16)(H,17,18);1-5,7H2,(H,8,9). The molecule has 158 valence electrons. The molecule has 1 amide bonds. The number of nitrogens with two attached hydrogens (primary N) is 2. The predicted octanol–water partition coefficient (Wildman–Crippen LogP) is 0.530. The van der Waals surface area contributed by atoms with Crippen molar-refractivity contribution in [3.63, 3.8) is 0 Å². The van der Waals surface area contributed by atoms with Crippen molar-refractivity contribution in [1.82, 2.24) is 5.32 Å². The van der Waals surface area contributed by atoms with Crippen molar-refractivity contribution in [3.8, 4) is 0 Å². The van der Waals surface area contributed by atoms with Gasteiger partial charge >= 0.3 is 17.9 Å². The number of amides is 1. The van der Waals surface area contributed by atoms with Gasteiger partial charge in [0, 0.05) is 19.3 Å². The number of rotatable bonds is 15. The zero-order valence-electron chi connectivity index (χ0n) is 15.7. The van der Waals surface area contributed by atoms with E-state index < -0.39 is 23.9 Å². The van der Waals surface area contributed by atoms with Gasteiger partial charge in [0.1, 0.15) is 6.04 Å². The van der Waals surface area contributed by atoms with E-state index in [1.165, 1.54) is 0 Å². The second-order valence-electron chi connectivity index (χ2n) is 5.98. The molecule has 8 N–H and O–H groups in total. The summed E-state index contributed by atoms with van der Waals surface area (Å²) < 4.78 is 0. The smallest absolute Gasteiger partial charge is 0.326 e. The average molecular weight is 391 g/mol. The van der Waals surface area contributed by atoms with Crippen LogP contribution in [0.25, 0.3) is 0 Å². The second kappa shape index (κ2) is 18.6. The molecule has 0 fully saturated rings. The summed E-state index contributed by atoms with van der Waals surface area (Å²) in [5, 5.41) is 27.8. The van der Waals surface area contributed by atoms with Crippen LogP contribution in [0.3, 0.4) is 0 Å². The maximum absolute atomic E-state index is 11.4. The monoisotopic (exact) mass is 391 g/mol. The summed E-state index contributed by atoms with van der Waals surface area (Å²) >= 11 is 0. The summed E-state index contributed by atoms with van der Waals surface area (Å²) in [6.07, 6.45) is 5.03.